The van der Waals surface area contributed by atoms with Crippen molar-refractivity contribution in [1.29, 1.82) is 0 Å². The van der Waals surface area contributed by atoms with Crippen molar-refractivity contribution in [3.63, 3.8) is 0 Å². The maximum absolute atomic E-state index is 6.24. The molecule has 0 aliphatic rings. The summed E-state index contributed by atoms with van der Waals surface area (Å²) in [7, 11) is 0. The fourth-order valence-electron chi connectivity index (χ4n) is 1.52. The Morgan fingerprint density at radius 3 is 2.25 bits per heavy atom. The van der Waals surface area contributed by atoms with Gasteiger partial charge >= 0.3 is 0 Å². The maximum Gasteiger partial charge on any atom is 0.136 e. The van der Waals surface area contributed by atoms with Crippen LogP contribution in [0.5, 0.6) is 0 Å². The summed E-state index contributed by atoms with van der Waals surface area (Å²) in [5, 5.41) is 1.45. The van der Waals surface area contributed by atoms with Crippen molar-refractivity contribution in [1.82, 2.24) is 9.97 Å². The van der Waals surface area contributed by atoms with Crippen LogP contribution >= 0.6 is 39.3 Å². The van der Waals surface area contributed by atoms with Gasteiger partial charge in [0.15, 0.2) is 0 Å². The normalized spacial score (nSPS) is 11.7. The Morgan fingerprint density at radius 2 is 1.70 bits per heavy atom. The van der Waals surface area contributed by atoms with Crippen molar-refractivity contribution >= 4 is 39.3 Å². The van der Waals surface area contributed by atoms with Gasteiger partial charge < -0.3 is 0 Å². The number of hydrogen-bond donors (Lipinski definition) is 0. The Kier molecular flexibility index (Phi) is 4.77. The molecule has 2 aromatic rings. The van der Waals surface area contributed by atoms with E-state index in [0.29, 0.717) is 5.15 Å². The lowest BCUT2D eigenvalue weighted by molar-refractivity contribution is 0.537. The molecule has 0 unspecified atom stereocenters. The molecule has 0 bridgehead atoms. The molecule has 0 amide bonds. The predicted molar refractivity (Wildman–Crippen MR) is 88.7 cm³/mol. The van der Waals surface area contributed by atoms with E-state index in [-0.39, 0.29) is 5.41 Å². The van der Waals surface area contributed by atoms with Gasteiger partial charge in [0.2, 0.25) is 0 Å². The molecule has 1 aromatic heterocycles. The van der Waals surface area contributed by atoms with Gasteiger partial charge in [0.1, 0.15) is 16.0 Å². The highest BCUT2D eigenvalue weighted by Gasteiger charge is 2.21. The average Bonchev–Trinajstić information content (AvgIpc) is 2.36. The quantitative estimate of drug-likeness (QED) is 0.638. The SMILES string of the molecule is Cc1c(Cl)nc(C(C)(C)C)nc1Sc1ccc(Br)cc1. The number of halogens is 2. The van der Waals surface area contributed by atoms with Crippen LogP contribution in [0.3, 0.4) is 0 Å². The van der Waals surface area contributed by atoms with E-state index in [9.17, 15) is 0 Å². The first-order chi connectivity index (χ1) is 9.27. The van der Waals surface area contributed by atoms with Crippen LogP contribution in [0, 0.1) is 6.92 Å². The maximum atomic E-state index is 6.24. The zero-order valence-corrected chi connectivity index (χ0v) is 15.0. The number of rotatable bonds is 2. The summed E-state index contributed by atoms with van der Waals surface area (Å²) >= 11 is 11.3. The summed E-state index contributed by atoms with van der Waals surface area (Å²) in [5.41, 5.74) is 0.805. The highest BCUT2D eigenvalue weighted by molar-refractivity contribution is 9.10. The van der Waals surface area contributed by atoms with Crippen LogP contribution in [0.25, 0.3) is 0 Å². The second-order valence-corrected chi connectivity index (χ2v) is 7.91. The lowest BCUT2D eigenvalue weighted by Gasteiger charge is -2.18. The Morgan fingerprint density at radius 1 is 1.10 bits per heavy atom. The third kappa shape index (κ3) is 3.74. The molecular formula is C15H16BrClN2S. The van der Waals surface area contributed by atoms with Crippen molar-refractivity contribution in [3.05, 3.63) is 45.3 Å². The second-order valence-electron chi connectivity index (χ2n) is 5.57. The molecule has 2 rings (SSSR count). The topological polar surface area (TPSA) is 25.8 Å². The summed E-state index contributed by atoms with van der Waals surface area (Å²) in [6, 6.07) is 8.15. The van der Waals surface area contributed by atoms with Crippen molar-refractivity contribution in [2.75, 3.05) is 0 Å². The summed E-state index contributed by atoms with van der Waals surface area (Å²) < 4.78 is 1.06. The van der Waals surface area contributed by atoms with Crippen molar-refractivity contribution in [3.8, 4) is 0 Å². The molecule has 1 heterocycles. The van der Waals surface area contributed by atoms with Gasteiger partial charge in [0, 0.05) is 20.3 Å². The molecule has 0 N–H and O–H groups in total. The van der Waals surface area contributed by atoms with Crippen molar-refractivity contribution in [2.45, 2.75) is 43.0 Å². The van der Waals surface area contributed by atoms with Gasteiger partial charge in [-0.15, -0.1) is 0 Å². The number of hydrogen-bond acceptors (Lipinski definition) is 3. The Balaban J connectivity index is 2.40. The molecule has 0 aliphatic carbocycles. The van der Waals surface area contributed by atoms with E-state index in [1.165, 1.54) is 0 Å². The summed E-state index contributed by atoms with van der Waals surface area (Å²) in [5.74, 6) is 0.771. The van der Waals surface area contributed by atoms with E-state index in [1.54, 1.807) is 11.8 Å². The van der Waals surface area contributed by atoms with E-state index >= 15 is 0 Å². The molecule has 0 fully saturated rings. The molecule has 0 atom stereocenters. The lowest BCUT2D eigenvalue weighted by Crippen LogP contribution is -2.17. The zero-order valence-electron chi connectivity index (χ0n) is 11.9. The molecule has 0 radical (unpaired) electrons. The van der Waals surface area contributed by atoms with Crippen LogP contribution in [0.1, 0.15) is 32.2 Å². The van der Waals surface area contributed by atoms with Crippen LogP contribution in [0.4, 0.5) is 0 Å². The molecule has 0 saturated carbocycles. The highest BCUT2D eigenvalue weighted by atomic mass is 79.9. The van der Waals surface area contributed by atoms with E-state index < -0.39 is 0 Å². The Labute approximate surface area is 137 Å². The molecule has 0 spiro atoms. The fourth-order valence-corrected chi connectivity index (χ4v) is 2.89. The van der Waals surface area contributed by atoms with E-state index in [2.05, 4.69) is 58.8 Å². The molecule has 2 nitrogen and oxygen atoms in total. The molecule has 5 heteroatoms. The number of nitrogens with zero attached hydrogens (tertiary/aromatic N) is 2. The fraction of sp³-hybridized carbons (Fsp3) is 0.333. The Hall–Kier alpha value is -0.580. The van der Waals surface area contributed by atoms with Crippen LogP contribution < -0.4 is 0 Å². The standard InChI is InChI=1S/C15H16BrClN2S/c1-9-12(17)18-14(15(2,3)4)19-13(9)20-11-7-5-10(16)6-8-11/h5-8H,1-4H3. The minimum Gasteiger partial charge on any atom is -0.225 e. The molecule has 20 heavy (non-hydrogen) atoms. The summed E-state index contributed by atoms with van der Waals surface area (Å²) in [6.07, 6.45) is 0. The van der Waals surface area contributed by atoms with Crippen LogP contribution in [-0.2, 0) is 5.41 Å². The number of aromatic nitrogens is 2. The zero-order chi connectivity index (χ0) is 14.9. The van der Waals surface area contributed by atoms with E-state index in [4.69, 9.17) is 11.6 Å². The van der Waals surface area contributed by atoms with Crippen LogP contribution in [0.15, 0.2) is 38.7 Å². The van der Waals surface area contributed by atoms with Crippen LogP contribution in [-0.4, -0.2) is 9.97 Å². The number of benzene rings is 1. The second kappa shape index (κ2) is 6.04. The Bertz CT molecular complexity index is 621. The van der Waals surface area contributed by atoms with Gasteiger partial charge in [-0.1, -0.05) is 60.1 Å². The first kappa shape index (κ1) is 15.8. The van der Waals surface area contributed by atoms with E-state index in [1.807, 2.05) is 19.1 Å². The van der Waals surface area contributed by atoms with Gasteiger partial charge in [-0.3, -0.25) is 0 Å². The van der Waals surface area contributed by atoms with Gasteiger partial charge in [0.05, 0.1) is 0 Å². The van der Waals surface area contributed by atoms with Crippen LogP contribution in [0.2, 0.25) is 5.15 Å². The largest absolute Gasteiger partial charge is 0.225 e. The highest BCUT2D eigenvalue weighted by Crippen LogP contribution is 2.33. The minimum absolute atomic E-state index is 0.119. The predicted octanol–water partition coefficient (Wildman–Crippen LogP) is 5.65. The summed E-state index contributed by atoms with van der Waals surface area (Å²) in [6.45, 7) is 8.21. The first-order valence-electron chi connectivity index (χ1n) is 6.25. The average molecular weight is 372 g/mol. The van der Waals surface area contributed by atoms with Crippen molar-refractivity contribution < 1.29 is 0 Å². The summed E-state index contributed by atoms with van der Waals surface area (Å²) in [4.78, 5) is 10.2. The van der Waals surface area contributed by atoms with E-state index in [0.717, 1.165) is 25.8 Å². The molecular weight excluding hydrogens is 356 g/mol. The third-order valence-electron chi connectivity index (χ3n) is 2.74. The monoisotopic (exact) mass is 370 g/mol. The molecule has 0 saturated heterocycles. The molecule has 106 valence electrons. The molecule has 1 aromatic carbocycles. The molecule has 0 aliphatic heterocycles. The third-order valence-corrected chi connectivity index (χ3v) is 4.74. The van der Waals surface area contributed by atoms with Gasteiger partial charge in [-0.2, -0.15) is 0 Å². The smallest absolute Gasteiger partial charge is 0.136 e. The van der Waals surface area contributed by atoms with Gasteiger partial charge in [-0.25, -0.2) is 9.97 Å². The minimum atomic E-state index is -0.119. The van der Waals surface area contributed by atoms with Gasteiger partial charge in [-0.05, 0) is 31.2 Å². The lowest BCUT2D eigenvalue weighted by atomic mass is 9.96. The van der Waals surface area contributed by atoms with Gasteiger partial charge in [0.25, 0.3) is 0 Å². The van der Waals surface area contributed by atoms with Crippen molar-refractivity contribution in [2.24, 2.45) is 0 Å². The first-order valence-corrected chi connectivity index (χ1v) is 8.24.